The Balaban J connectivity index is 2.19. The van der Waals surface area contributed by atoms with Crippen LogP contribution in [-0.4, -0.2) is 47.1 Å². The minimum absolute atomic E-state index is 0.105. The molecule has 2 aromatic rings. The minimum atomic E-state index is -0.357. The second kappa shape index (κ2) is 7.23. The van der Waals surface area contributed by atoms with Crippen LogP contribution in [0.1, 0.15) is 11.1 Å². The molecule has 8 heteroatoms. The molecule has 24 heavy (non-hydrogen) atoms. The van der Waals surface area contributed by atoms with Gasteiger partial charge in [-0.05, 0) is 24.3 Å². The van der Waals surface area contributed by atoms with Crippen LogP contribution in [0.4, 0.5) is 0 Å². The highest BCUT2D eigenvalue weighted by Gasteiger charge is 2.09. The molecule has 0 saturated carbocycles. The number of rotatable bonds is 5. The maximum atomic E-state index is 9.57. The molecular weight excluding hydrogens is 316 g/mol. The van der Waals surface area contributed by atoms with E-state index < -0.39 is 0 Å². The van der Waals surface area contributed by atoms with Crippen molar-refractivity contribution in [3.05, 3.63) is 35.4 Å². The summed E-state index contributed by atoms with van der Waals surface area (Å²) in [4.78, 5) is 0. The quantitative estimate of drug-likeness (QED) is 0.377. The SMILES string of the molecule is COc1cc(C=NN=Cc2cc(O)c(O)c(OC)c2)cc(O)c1O. The second-order valence-corrected chi connectivity index (χ2v) is 4.67. The van der Waals surface area contributed by atoms with E-state index in [4.69, 9.17) is 9.47 Å². The molecule has 0 saturated heterocycles. The van der Waals surface area contributed by atoms with E-state index in [-0.39, 0.29) is 34.5 Å². The van der Waals surface area contributed by atoms with E-state index in [9.17, 15) is 20.4 Å². The summed E-state index contributed by atoms with van der Waals surface area (Å²) in [6.07, 6.45) is 2.69. The molecule has 0 atom stereocenters. The zero-order valence-electron chi connectivity index (χ0n) is 13.0. The fourth-order valence-corrected chi connectivity index (χ4v) is 1.89. The Bertz CT molecular complexity index is 734. The zero-order valence-corrected chi connectivity index (χ0v) is 13.0. The predicted molar refractivity (Wildman–Crippen MR) is 87.8 cm³/mol. The zero-order chi connectivity index (χ0) is 17.7. The van der Waals surface area contributed by atoms with Gasteiger partial charge in [-0.15, -0.1) is 0 Å². The van der Waals surface area contributed by atoms with Crippen LogP contribution in [0.5, 0.6) is 34.5 Å². The Labute approximate surface area is 137 Å². The predicted octanol–water partition coefficient (Wildman–Crippen LogP) is 1.98. The number of phenols is 4. The summed E-state index contributed by atoms with van der Waals surface area (Å²) in [6, 6.07) is 5.55. The lowest BCUT2D eigenvalue weighted by Crippen LogP contribution is -1.89. The van der Waals surface area contributed by atoms with Crippen LogP contribution in [0.25, 0.3) is 0 Å². The van der Waals surface area contributed by atoms with Gasteiger partial charge in [0.15, 0.2) is 23.0 Å². The Hall–Kier alpha value is -3.42. The third-order valence-electron chi connectivity index (χ3n) is 3.07. The van der Waals surface area contributed by atoms with Crippen molar-refractivity contribution in [2.75, 3.05) is 14.2 Å². The van der Waals surface area contributed by atoms with E-state index in [1.807, 2.05) is 0 Å². The molecule has 0 unspecified atom stereocenters. The third-order valence-corrected chi connectivity index (χ3v) is 3.07. The Kier molecular flexibility index (Phi) is 5.10. The summed E-state index contributed by atoms with van der Waals surface area (Å²) in [5, 5.41) is 45.8. The van der Waals surface area contributed by atoms with E-state index in [2.05, 4.69) is 10.2 Å². The molecule has 0 aliphatic rings. The summed E-state index contributed by atoms with van der Waals surface area (Å²) in [6.45, 7) is 0. The van der Waals surface area contributed by atoms with Crippen LogP contribution in [0.3, 0.4) is 0 Å². The molecule has 2 aromatic carbocycles. The van der Waals surface area contributed by atoms with Gasteiger partial charge in [-0.2, -0.15) is 10.2 Å². The number of hydrogen-bond acceptors (Lipinski definition) is 8. The highest BCUT2D eigenvalue weighted by atomic mass is 16.5. The first-order valence-corrected chi connectivity index (χ1v) is 6.72. The average molecular weight is 332 g/mol. The molecule has 8 nitrogen and oxygen atoms in total. The molecule has 0 spiro atoms. The molecule has 4 N–H and O–H groups in total. The van der Waals surface area contributed by atoms with E-state index in [1.165, 1.54) is 50.9 Å². The number of methoxy groups -OCH3 is 2. The summed E-state index contributed by atoms with van der Waals surface area (Å²) in [5.74, 6) is -1.18. The summed E-state index contributed by atoms with van der Waals surface area (Å²) in [7, 11) is 2.72. The molecule has 2 rings (SSSR count). The highest BCUT2D eigenvalue weighted by Crippen LogP contribution is 2.36. The lowest BCUT2D eigenvalue weighted by atomic mass is 10.2. The van der Waals surface area contributed by atoms with Gasteiger partial charge in [0.25, 0.3) is 0 Å². The van der Waals surface area contributed by atoms with Crippen LogP contribution in [0, 0.1) is 0 Å². The molecule has 0 heterocycles. The van der Waals surface area contributed by atoms with Gasteiger partial charge >= 0.3 is 0 Å². The average Bonchev–Trinajstić information content (AvgIpc) is 2.57. The van der Waals surface area contributed by atoms with Crippen molar-refractivity contribution in [3.8, 4) is 34.5 Å². The van der Waals surface area contributed by atoms with Crippen molar-refractivity contribution in [3.63, 3.8) is 0 Å². The van der Waals surface area contributed by atoms with Crippen LogP contribution in [-0.2, 0) is 0 Å². The van der Waals surface area contributed by atoms with Gasteiger partial charge < -0.3 is 29.9 Å². The standard InChI is InChI=1S/C16H16N2O6/c1-23-13-5-9(3-11(19)15(13)21)7-17-18-8-10-4-12(20)16(22)14(6-10)24-2/h3-8,19-22H,1-2H3. The van der Waals surface area contributed by atoms with Crippen molar-refractivity contribution >= 4 is 12.4 Å². The third kappa shape index (κ3) is 3.67. The van der Waals surface area contributed by atoms with Crippen LogP contribution >= 0.6 is 0 Å². The molecule has 0 aromatic heterocycles. The van der Waals surface area contributed by atoms with Gasteiger partial charge in [0.2, 0.25) is 11.5 Å². The first-order chi connectivity index (χ1) is 11.5. The number of benzene rings is 2. The molecule has 0 fully saturated rings. The topological polar surface area (TPSA) is 124 Å². The van der Waals surface area contributed by atoms with E-state index in [0.29, 0.717) is 11.1 Å². The van der Waals surface area contributed by atoms with Crippen molar-refractivity contribution in [1.29, 1.82) is 0 Å². The maximum absolute atomic E-state index is 9.57. The summed E-state index contributed by atoms with van der Waals surface area (Å²) < 4.78 is 9.83. The number of phenolic OH excluding ortho intramolecular Hbond substituents is 4. The van der Waals surface area contributed by atoms with E-state index >= 15 is 0 Å². The number of aromatic hydroxyl groups is 4. The molecule has 0 radical (unpaired) electrons. The number of ether oxygens (including phenoxy) is 2. The van der Waals surface area contributed by atoms with Crippen LogP contribution in [0.2, 0.25) is 0 Å². The Morgan fingerprint density at radius 1 is 0.708 bits per heavy atom. The maximum Gasteiger partial charge on any atom is 0.200 e. The Morgan fingerprint density at radius 3 is 1.42 bits per heavy atom. The van der Waals surface area contributed by atoms with Gasteiger partial charge in [0, 0.05) is 11.1 Å². The van der Waals surface area contributed by atoms with Crippen molar-refractivity contribution in [2.45, 2.75) is 0 Å². The second-order valence-electron chi connectivity index (χ2n) is 4.67. The van der Waals surface area contributed by atoms with E-state index in [0.717, 1.165) is 0 Å². The summed E-state index contributed by atoms with van der Waals surface area (Å²) >= 11 is 0. The smallest absolute Gasteiger partial charge is 0.200 e. The van der Waals surface area contributed by atoms with Gasteiger partial charge in [-0.25, -0.2) is 0 Å². The lowest BCUT2D eigenvalue weighted by molar-refractivity contribution is 0.351. The molecular formula is C16H16N2O6. The van der Waals surface area contributed by atoms with E-state index in [1.54, 1.807) is 0 Å². The van der Waals surface area contributed by atoms with Gasteiger partial charge in [-0.3, -0.25) is 0 Å². The molecule has 0 amide bonds. The van der Waals surface area contributed by atoms with Gasteiger partial charge in [-0.1, -0.05) is 0 Å². The normalized spacial score (nSPS) is 11.2. The number of hydrogen-bond donors (Lipinski definition) is 4. The van der Waals surface area contributed by atoms with Gasteiger partial charge in [0.05, 0.1) is 26.6 Å². The molecule has 126 valence electrons. The number of nitrogens with zero attached hydrogens (tertiary/aromatic N) is 2. The lowest BCUT2D eigenvalue weighted by Gasteiger charge is -2.06. The molecule has 0 aliphatic heterocycles. The van der Waals surface area contributed by atoms with Crippen molar-refractivity contribution in [1.82, 2.24) is 0 Å². The molecule has 0 bridgehead atoms. The molecule has 0 aliphatic carbocycles. The Morgan fingerprint density at radius 2 is 1.08 bits per heavy atom. The summed E-state index contributed by atoms with van der Waals surface area (Å²) in [5.41, 5.74) is 0.927. The largest absolute Gasteiger partial charge is 0.504 e. The monoisotopic (exact) mass is 332 g/mol. The van der Waals surface area contributed by atoms with Crippen LogP contribution in [0.15, 0.2) is 34.5 Å². The van der Waals surface area contributed by atoms with Crippen molar-refractivity contribution < 1.29 is 29.9 Å². The van der Waals surface area contributed by atoms with Crippen molar-refractivity contribution in [2.24, 2.45) is 10.2 Å². The first-order valence-electron chi connectivity index (χ1n) is 6.72. The van der Waals surface area contributed by atoms with Crippen LogP contribution < -0.4 is 9.47 Å². The fraction of sp³-hybridized carbons (Fsp3) is 0.125. The minimum Gasteiger partial charge on any atom is -0.504 e. The first kappa shape index (κ1) is 16.9. The fourth-order valence-electron chi connectivity index (χ4n) is 1.89. The highest BCUT2D eigenvalue weighted by molar-refractivity contribution is 5.85. The van der Waals surface area contributed by atoms with Gasteiger partial charge in [0.1, 0.15) is 0 Å².